The molecule has 0 saturated heterocycles. The molecule has 5 nitrogen and oxygen atoms in total. The Morgan fingerprint density at radius 3 is 2.63 bits per heavy atom. The minimum Gasteiger partial charge on any atom is -0.479 e. The predicted molar refractivity (Wildman–Crippen MR) is 72.0 cm³/mol. The number of carboxylic acids is 1. The van der Waals surface area contributed by atoms with Gasteiger partial charge < -0.3 is 15.1 Å². The quantitative estimate of drug-likeness (QED) is 0.328. The van der Waals surface area contributed by atoms with Crippen LogP contribution in [0.5, 0.6) is 5.75 Å². The number of carbonyl (C=O) groups is 1. The molecule has 0 amide bonds. The smallest absolute Gasteiger partial charge is 0.344 e. The predicted octanol–water partition coefficient (Wildman–Crippen LogP) is 2.71. The second-order valence-electron chi connectivity index (χ2n) is 4.19. The molecule has 104 valence electrons. The fourth-order valence-corrected chi connectivity index (χ4v) is 1.66. The van der Waals surface area contributed by atoms with Gasteiger partial charge in [0.25, 0.3) is 0 Å². The van der Waals surface area contributed by atoms with Gasteiger partial charge in [-0.15, -0.1) is 5.16 Å². The van der Waals surface area contributed by atoms with Crippen molar-refractivity contribution in [2.24, 2.45) is 5.16 Å². The molecule has 1 aromatic rings. The fourth-order valence-electron chi connectivity index (χ4n) is 1.66. The van der Waals surface area contributed by atoms with E-state index in [0.717, 1.165) is 24.8 Å². The van der Waals surface area contributed by atoms with Crippen molar-refractivity contribution in [3.63, 3.8) is 0 Å². The van der Waals surface area contributed by atoms with Crippen LogP contribution >= 0.6 is 0 Å². The minimum atomic E-state index is -0.949. The molecule has 1 rings (SSSR count). The average molecular weight is 265 g/mol. The standard InChI is InChI=1S/C14H19NO4/c1-2-13(14(16)17)19-12-8-6-11(7-9-12)5-3-4-10-15-18/h6-10,13,18H,2-5H2,1H3,(H,16,17). The number of ether oxygens (including phenoxy) is 1. The van der Waals surface area contributed by atoms with Crippen molar-refractivity contribution in [1.29, 1.82) is 0 Å². The second-order valence-corrected chi connectivity index (χ2v) is 4.19. The summed E-state index contributed by atoms with van der Waals surface area (Å²) < 4.78 is 5.37. The molecule has 0 aliphatic heterocycles. The molecule has 0 radical (unpaired) electrons. The zero-order valence-electron chi connectivity index (χ0n) is 11.0. The summed E-state index contributed by atoms with van der Waals surface area (Å²) >= 11 is 0. The van der Waals surface area contributed by atoms with E-state index >= 15 is 0 Å². The van der Waals surface area contributed by atoms with Crippen LogP contribution in [0.3, 0.4) is 0 Å². The Bertz CT molecular complexity index is 414. The van der Waals surface area contributed by atoms with E-state index in [1.165, 1.54) is 6.21 Å². The minimum absolute atomic E-state index is 0.428. The molecule has 0 aliphatic rings. The van der Waals surface area contributed by atoms with Gasteiger partial charge >= 0.3 is 5.97 Å². The van der Waals surface area contributed by atoms with E-state index in [4.69, 9.17) is 15.1 Å². The van der Waals surface area contributed by atoms with Gasteiger partial charge in [0.2, 0.25) is 0 Å². The van der Waals surface area contributed by atoms with Crippen LogP contribution in [0.15, 0.2) is 29.4 Å². The third-order valence-electron chi connectivity index (χ3n) is 2.73. The highest BCUT2D eigenvalue weighted by atomic mass is 16.5. The molecule has 19 heavy (non-hydrogen) atoms. The van der Waals surface area contributed by atoms with Gasteiger partial charge in [0.15, 0.2) is 6.10 Å². The van der Waals surface area contributed by atoms with Gasteiger partial charge in [0, 0.05) is 6.21 Å². The third-order valence-corrected chi connectivity index (χ3v) is 2.73. The molecule has 5 heteroatoms. The SMILES string of the molecule is CCC(Oc1ccc(CCCC=NO)cc1)C(=O)O. The van der Waals surface area contributed by atoms with Crippen molar-refractivity contribution < 1.29 is 19.8 Å². The summed E-state index contributed by atoms with van der Waals surface area (Å²) in [6.07, 6.45) is 3.60. The number of aliphatic carboxylic acids is 1. The maximum atomic E-state index is 10.8. The zero-order chi connectivity index (χ0) is 14.1. The number of oxime groups is 1. The Labute approximate surface area is 112 Å². The van der Waals surface area contributed by atoms with Gasteiger partial charge in [-0.2, -0.15) is 0 Å². The summed E-state index contributed by atoms with van der Waals surface area (Å²) in [5, 5.41) is 20.1. The van der Waals surface area contributed by atoms with Gasteiger partial charge in [0.05, 0.1) is 0 Å². The van der Waals surface area contributed by atoms with Crippen molar-refractivity contribution in [1.82, 2.24) is 0 Å². The van der Waals surface area contributed by atoms with E-state index in [2.05, 4.69) is 5.16 Å². The van der Waals surface area contributed by atoms with Gasteiger partial charge in [-0.3, -0.25) is 0 Å². The van der Waals surface area contributed by atoms with Crippen molar-refractivity contribution in [2.75, 3.05) is 0 Å². The number of unbranched alkanes of at least 4 members (excludes halogenated alkanes) is 1. The van der Waals surface area contributed by atoms with Crippen molar-refractivity contribution >= 4 is 12.2 Å². The van der Waals surface area contributed by atoms with Gasteiger partial charge in [-0.25, -0.2) is 4.79 Å². The lowest BCUT2D eigenvalue weighted by Gasteiger charge is -2.13. The first-order valence-corrected chi connectivity index (χ1v) is 6.31. The molecular formula is C14H19NO4. The van der Waals surface area contributed by atoms with Gasteiger partial charge in [0.1, 0.15) is 5.75 Å². The average Bonchev–Trinajstić information content (AvgIpc) is 2.42. The Kier molecular flexibility index (Phi) is 6.43. The van der Waals surface area contributed by atoms with E-state index in [9.17, 15) is 4.79 Å². The number of aryl methyl sites for hydroxylation is 1. The van der Waals surface area contributed by atoms with Crippen LogP contribution in [-0.4, -0.2) is 28.6 Å². The molecule has 0 aliphatic carbocycles. The Hall–Kier alpha value is -2.04. The van der Waals surface area contributed by atoms with Crippen molar-refractivity contribution in [3.05, 3.63) is 29.8 Å². The van der Waals surface area contributed by atoms with E-state index in [1.807, 2.05) is 12.1 Å². The van der Waals surface area contributed by atoms with E-state index in [-0.39, 0.29) is 0 Å². The van der Waals surface area contributed by atoms with E-state index in [1.54, 1.807) is 19.1 Å². The molecule has 0 saturated carbocycles. The van der Waals surface area contributed by atoms with Crippen LogP contribution in [-0.2, 0) is 11.2 Å². The summed E-state index contributed by atoms with van der Waals surface area (Å²) in [6, 6.07) is 7.39. The molecule has 0 spiro atoms. The number of benzene rings is 1. The summed E-state index contributed by atoms with van der Waals surface area (Å²) in [6.45, 7) is 1.77. The molecular weight excluding hydrogens is 246 g/mol. The largest absolute Gasteiger partial charge is 0.479 e. The maximum absolute atomic E-state index is 10.8. The van der Waals surface area contributed by atoms with Crippen LogP contribution in [0, 0.1) is 0 Å². The summed E-state index contributed by atoms with van der Waals surface area (Å²) in [7, 11) is 0. The van der Waals surface area contributed by atoms with Crippen LogP contribution in [0.1, 0.15) is 31.7 Å². The molecule has 1 unspecified atom stereocenters. The number of hydrogen-bond donors (Lipinski definition) is 2. The Balaban J connectivity index is 2.49. The van der Waals surface area contributed by atoms with Crippen LogP contribution in [0.2, 0.25) is 0 Å². The highest BCUT2D eigenvalue weighted by molar-refractivity contribution is 5.72. The Morgan fingerprint density at radius 1 is 1.42 bits per heavy atom. The highest BCUT2D eigenvalue weighted by Gasteiger charge is 2.16. The number of nitrogens with zero attached hydrogens (tertiary/aromatic N) is 1. The Morgan fingerprint density at radius 2 is 2.11 bits per heavy atom. The first-order chi connectivity index (χ1) is 9.17. The first kappa shape index (κ1) is 15.0. The van der Waals surface area contributed by atoms with Crippen LogP contribution in [0.25, 0.3) is 0 Å². The maximum Gasteiger partial charge on any atom is 0.344 e. The zero-order valence-corrected chi connectivity index (χ0v) is 11.0. The van der Waals surface area contributed by atoms with Gasteiger partial charge in [-0.1, -0.05) is 19.1 Å². The lowest BCUT2D eigenvalue weighted by atomic mass is 10.1. The van der Waals surface area contributed by atoms with Crippen molar-refractivity contribution in [2.45, 2.75) is 38.7 Å². The summed E-state index contributed by atoms with van der Waals surface area (Å²) in [5.74, 6) is -0.384. The lowest BCUT2D eigenvalue weighted by Crippen LogP contribution is -2.25. The lowest BCUT2D eigenvalue weighted by molar-refractivity contribution is -0.145. The van der Waals surface area contributed by atoms with E-state index in [0.29, 0.717) is 12.2 Å². The molecule has 0 fully saturated rings. The first-order valence-electron chi connectivity index (χ1n) is 6.31. The molecule has 1 aromatic carbocycles. The monoisotopic (exact) mass is 265 g/mol. The highest BCUT2D eigenvalue weighted by Crippen LogP contribution is 2.16. The van der Waals surface area contributed by atoms with Crippen LogP contribution in [0.4, 0.5) is 0 Å². The third kappa shape index (κ3) is 5.42. The molecule has 0 bridgehead atoms. The molecule has 2 N–H and O–H groups in total. The van der Waals surface area contributed by atoms with E-state index < -0.39 is 12.1 Å². The summed E-state index contributed by atoms with van der Waals surface area (Å²) in [5.41, 5.74) is 1.14. The molecule has 1 atom stereocenters. The topological polar surface area (TPSA) is 79.1 Å². The van der Waals surface area contributed by atoms with Crippen molar-refractivity contribution in [3.8, 4) is 5.75 Å². The van der Waals surface area contributed by atoms with Gasteiger partial charge in [-0.05, 0) is 43.4 Å². The fraction of sp³-hybridized carbons (Fsp3) is 0.429. The number of carboxylic acid groups (broad SMARTS) is 1. The summed E-state index contributed by atoms with van der Waals surface area (Å²) in [4.78, 5) is 10.8. The number of hydrogen-bond acceptors (Lipinski definition) is 4. The normalized spacial score (nSPS) is 12.5. The molecule has 0 aromatic heterocycles. The molecule has 0 heterocycles. The number of rotatable bonds is 8. The van der Waals surface area contributed by atoms with Crippen LogP contribution < -0.4 is 4.74 Å². The second kappa shape index (κ2) is 8.13.